The highest BCUT2D eigenvalue weighted by atomic mass is 31.1. The predicted octanol–water partition coefficient (Wildman–Crippen LogP) is 1.97. The number of ether oxygens (including phenoxy) is 2. The maximum Gasteiger partial charge on any atom is 0.697 e. The molecule has 22 heavy (non-hydrogen) atoms. The van der Waals surface area contributed by atoms with Gasteiger partial charge >= 0.3 is 8.25 Å². The van der Waals surface area contributed by atoms with E-state index in [1.54, 1.807) is 0 Å². The van der Waals surface area contributed by atoms with E-state index in [4.69, 9.17) is 20.9 Å². The second kappa shape index (κ2) is 18.9. The highest BCUT2D eigenvalue weighted by molar-refractivity contribution is 7.33. The van der Waals surface area contributed by atoms with Crippen molar-refractivity contribution in [1.82, 2.24) is 0 Å². The summed E-state index contributed by atoms with van der Waals surface area (Å²) >= 11 is 0. The Hall–Kier alpha value is -0.140. The second-order valence-electron chi connectivity index (χ2n) is 4.81. The minimum atomic E-state index is -1.77. The molecule has 1 aliphatic heterocycles. The lowest BCUT2D eigenvalue weighted by Crippen LogP contribution is -2.07. The van der Waals surface area contributed by atoms with Gasteiger partial charge in [-0.05, 0) is 51.6 Å². The van der Waals surface area contributed by atoms with Crippen molar-refractivity contribution in [3.63, 3.8) is 0 Å². The third-order valence-electron chi connectivity index (χ3n) is 2.75. The van der Waals surface area contributed by atoms with E-state index in [0.717, 1.165) is 65.0 Å². The first-order chi connectivity index (χ1) is 10.8. The first-order valence-electron chi connectivity index (χ1n) is 8.10. The van der Waals surface area contributed by atoms with E-state index in [1.807, 2.05) is 0 Å². The normalized spacial score (nSPS) is 15.1. The number of rotatable bonds is 11. The molecule has 132 valence electrons. The SMILES string of the molecule is NCCCOCCCCOCCCN.O=[P+]1OCCCCO1. The van der Waals surface area contributed by atoms with Crippen LogP contribution in [-0.2, 0) is 23.1 Å². The molecule has 0 atom stereocenters. The van der Waals surface area contributed by atoms with Crippen LogP contribution in [0.1, 0.15) is 38.5 Å². The molecule has 0 radical (unpaired) electrons. The third-order valence-corrected chi connectivity index (χ3v) is 3.53. The summed E-state index contributed by atoms with van der Waals surface area (Å²) in [4.78, 5) is 0. The molecular weight excluding hydrogens is 307 g/mol. The van der Waals surface area contributed by atoms with Crippen LogP contribution in [0.5, 0.6) is 0 Å². The highest BCUT2D eigenvalue weighted by Gasteiger charge is 2.21. The van der Waals surface area contributed by atoms with Gasteiger partial charge < -0.3 is 20.9 Å². The van der Waals surface area contributed by atoms with Crippen LogP contribution in [0.25, 0.3) is 0 Å². The van der Waals surface area contributed by atoms with Crippen molar-refractivity contribution in [3.8, 4) is 0 Å². The van der Waals surface area contributed by atoms with Crippen molar-refractivity contribution in [2.24, 2.45) is 11.5 Å². The molecule has 0 aromatic heterocycles. The Kier molecular flexibility index (Phi) is 18.8. The molecule has 1 fully saturated rings. The van der Waals surface area contributed by atoms with Crippen molar-refractivity contribution in [3.05, 3.63) is 0 Å². The van der Waals surface area contributed by atoms with Gasteiger partial charge in [-0.15, -0.1) is 9.05 Å². The lowest BCUT2D eigenvalue weighted by Gasteiger charge is -2.04. The van der Waals surface area contributed by atoms with E-state index in [9.17, 15) is 4.57 Å². The zero-order valence-corrected chi connectivity index (χ0v) is 14.4. The first-order valence-corrected chi connectivity index (χ1v) is 9.19. The maximum atomic E-state index is 10.4. The molecule has 1 heterocycles. The lowest BCUT2D eigenvalue weighted by atomic mass is 10.3. The fourth-order valence-electron chi connectivity index (χ4n) is 1.50. The molecule has 8 heteroatoms. The number of unbranched alkanes of at least 4 members (excludes halogenated alkanes) is 1. The van der Waals surface area contributed by atoms with Crippen LogP contribution in [-0.4, -0.2) is 52.7 Å². The molecule has 0 aromatic carbocycles. The van der Waals surface area contributed by atoms with Crippen LogP contribution in [0.15, 0.2) is 0 Å². The quantitative estimate of drug-likeness (QED) is 0.438. The van der Waals surface area contributed by atoms with Crippen LogP contribution in [0.3, 0.4) is 0 Å². The summed E-state index contributed by atoms with van der Waals surface area (Å²) in [6, 6.07) is 0. The number of nitrogens with two attached hydrogens (primary N) is 2. The van der Waals surface area contributed by atoms with Gasteiger partial charge in [-0.25, -0.2) is 0 Å². The zero-order chi connectivity index (χ0) is 16.3. The molecule has 1 saturated heterocycles. The van der Waals surface area contributed by atoms with Crippen molar-refractivity contribution >= 4 is 8.25 Å². The van der Waals surface area contributed by atoms with Crippen molar-refractivity contribution < 1.29 is 23.1 Å². The molecule has 1 rings (SSSR count). The van der Waals surface area contributed by atoms with Gasteiger partial charge in [0.1, 0.15) is 13.2 Å². The van der Waals surface area contributed by atoms with Gasteiger partial charge in [0.2, 0.25) is 0 Å². The van der Waals surface area contributed by atoms with Crippen molar-refractivity contribution in [2.75, 3.05) is 52.7 Å². The average molecular weight is 339 g/mol. The minimum absolute atomic E-state index is 0.579. The van der Waals surface area contributed by atoms with E-state index in [0.29, 0.717) is 26.3 Å². The molecule has 0 saturated carbocycles. The second-order valence-corrected chi connectivity index (χ2v) is 5.78. The van der Waals surface area contributed by atoms with E-state index in [-0.39, 0.29) is 0 Å². The summed E-state index contributed by atoms with van der Waals surface area (Å²) in [6.45, 7) is 5.78. The van der Waals surface area contributed by atoms with Gasteiger partial charge in [0.05, 0.1) is 0 Å². The Morgan fingerprint density at radius 3 is 1.59 bits per heavy atom. The van der Waals surface area contributed by atoms with Gasteiger partial charge in [-0.2, -0.15) is 0 Å². The number of hydrogen-bond donors (Lipinski definition) is 2. The van der Waals surface area contributed by atoms with Crippen molar-refractivity contribution in [1.29, 1.82) is 0 Å². The Morgan fingerprint density at radius 1 is 0.773 bits per heavy atom. The Bertz CT molecular complexity index is 225. The third kappa shape index (κ3) is 17.9. The molecule has 0 aromatic rings. The van der Waals surface area contributed by atoms with Gasteiger partial charge in [-0.3, -0.25) is 0 Å². The monoisotopic (exact) mass is 339 g/mol. The summed E-state index contributed by atoms with van der Waals surface area (Å²) in [5.41, 5.74) is 10.7. The smallest absolute Gasteiger partial charge is 0.381 e. The summed E-state index contributed by atoms with van der Waals surface area (Å²) < 4.78 is 30.5. The largest absolute Gasteiger partial charge is 0.697 e. The van der Waals surface area contributed by atoms with Crippen molar-refractivity contribution in [2.45, 2.75) is 38.5 Å². The van der Waals surface area contributed by atoms with Gasteiger partial charge in [-0.1, -0.05) is 0 Å². The average Bonchev–Trinajstić information content (AvgIpc) is 2.77. The maximum absolute atomic E-state index is 10.4. The summed E-state index contributed by atoms with van der Waals surface area (Å²) in [5.74, 6) is 0. The van der Waals surface area contributed by atoms with E-state index in [2.05, 4.69) is 9.05 Å². The topological polar surface area (TPSA) is 106 Å². The molecule has 0 unspecified atom stereocenters. The standard InChI is InChI=1S/C10H24N2O2.C4H8O3P/c11-5-3-9-13-7-1-2-8-14-10-4-6-12;5-8-6-3-1-2-4-7-8/h1-12H2;1-4H2/q;+1. The molecule has 7 nitrogen and oxygen atoms in total. The lowest BCUT2D eigenvalue weighted by molar-refractivity contribution is 0.102. The molecule has 4 N–H and O–H groups in total. The molecule has 0 bridgehead atoms. The molecule has 0 amide bonds. The fraction of sp³-hybridized carbons (Fsp3) is 1.00. The Labute approximate surface area is 134 Å². The van der Waals surface area contributed by atoms with E-state index in [1.165, 1.54) is 0 Å². The summed E-state index contributed by atoms with van der Waals surface area (Å²) in [7, 11) is -1.77. The molecule has 0 spiro atoms. The predicted molar refractivity (Wildman–Crippen MR) is 87.0 cm³/mol. The summed E-state index contributed by atoms with van der Waals surface area (Å²) in [5, 5.41) is 0. The fourth-order valence-corrected chi connectivity index (χ4v) is 2.13. The van der Waals surface area contributed by atoms with Gasteiger partial charge in [0.25, 0.3) is 0 Å². The minimum Gasteiger partial charge on any atom is -0.381 e. The highest BCUT2D eigenvalue weighted by Crippen LogP contribution is 2.26. The molecule has 1 aliphatic rings. The van der Waals surface area contributed by atoms with Gasteiger partial charge in [0.15, 0.2) is 0 Å². The van der Waals surface area contributed by atoms with Crippen LogP contribution < -0.4 is 11.5 Å². The molecular formula is C14H32N2O5P+. The Morgan fingerprint density at radius 2 is 1.18 bits per heavy atom. The van der Waals surface area contributed by atoms with E-state index >= 15 is 0 Å². The van der Waals surface area contributed by atoms with Crippen LogP contribution in [0.2, 0.25) is 0 Å². The molecule has 0 aliphatic carbocycles. The van der Waals surface area contributed by atoms with Crippen LogP contribution in [0, 0.1) is 0 Å². The summed E-state index contributed by atoms with van der Waals surface area (Å²) in [6.07, 6.45) is 5.95. The van der Waals surface area contributed by atoms with Crippen LogP contribution >= 0.6 is 8.25 Å². The Balaban J connectivity index is 0.000000461. The first kappa shape index (κ1) is 21.9. The van der Waals surface area contributed by atoms with Gasteiger partial charge in [0, 0.05) is 31.0 Å². The number of hydrogen-bond acceptors (Lipinski definition) is 7. The zero-order valence-electron chi connectivity index (χ0n) is 13.5. The van der Waals surface area contributed by atoms with Crippen LogP contribution in [0.4, 0.5) is 0 Å². The van der Waals surface area contributed by atoms with E-state index < -0.39 is 8.25 Å².